The Morgan fingerprint density at radius 1 is 1.26 bits per heavy atom. The lowest BCUT2D eigenvalue weighted by atomic mass is 10.0. The van der Waals surface area contributed by atoms with Gasteiger partial charge >= 0.3 is 0 Å². The number of anilines is 1. The Bertz CT molecular complexity index is 1190. The van der Waals surface area contributed by atoms with E-state index in [1.165, 1.54) is 17.4 Å². The van der Waals surface area contributed by atoms with Crippen LogP contribution >= 0.6 is 11.3 Å². The van der Waals surface area contributed by atoms with Crippen LogP contribution in [0.1, 0.15) is 49.3 Å². The molecular formula is C24H29FN6O3S. The molecule has 3 aromatic heterocycles. The molecule has 5 heterocycles. The first-order valence-corrected chi connectivity index (χ1v) is 12.7. The normalized spacial score (nSPS) is 18.4. The van der Waals surface area contributed by atoms with Crippen LogP contribution in [0.5, 0.6) is 0 Å². The minimum Gasteiger partial charge on any atom is -0.381 e. The predicted molar refractivity (Wildman–Crippen MR) is 132 cm³/mol. The maximum absolute atomic E-state index is 13.5. The molecule has 3 aromatic rings. The number of hydrogen-bond acceptors (Lipinski definition) is 8. The lowest BCUT2D eigenvalue weighted by molar-refractivity contribution is -0.126. The summed E-state index contributed by atoms with van der Waals surface area (Å²) in [6, 6.07) is 2.85. The molecule has 5 rings (SSSR count). The molecule has 11 heteroatoms. The molecule has 2 fully saturated rings. The minimum absolute atomic E-state index is 0.0143. The Hall–Kier alpha value is -3.18. The van der Waals surface area contributed by atoms with E-state index >= 15 is 0 Å². The van der Waals surface area contributed by atoms with Gasteiger partial charge in [0.2, 0.25) is 11.9 Å². The van der Waals surface area contributed by atoms with E-state index in [9.17, 15) is 14.0 Å². The predicted octanol–water partition coefficient (Wildman–Crippen LogP) is 3.40. The quantitative estimate of drug-likeness (QED) is 0.534. The van der Waals surface area contributed by atoms with Crippen LogP contribution < -0.4 is 10.6 Å². The summed E-state index contributed by atoms with van der Waals surface area (Å²) in [6.07, 6.45) is 3.45. The Balaban J connectivity index is 0.00000141. The fourth-order valence-electron chi connectivity index (χ4n) is 3.96. The molecule has 2 N–H and O–H groups in total. The van der Waals surface area contributed by atoms with Gasteiger partial charge in [-0.05, 0) is 36.4 Å². The topological polar surface area (TPSA) is 109 Å². The largest absolute Gasteiger partial charge is 0.381 e. The number of amides is 2. The average molecular weight is 501 g/mol. The summed E-state index contributed by atoms with van der Waals surface area (Å²) >= 11 is 1.40. The number of halogens is 1. The molecule has 0 aliphatic carbocycles. The van der Waals surface area contributed by atoms with Gasteiger partial charge in [0.05, 0.1) is 41.0 Å². The van der Waals surface area contributed by atoms with Crippen LogP contribution in [0.2, 0.25) is 0 Å². The number of nitrogens with one attached hydrogen (secondary N) is 2. The van der Waals surface area contributed by atoms with Crippen molar-refractivity contribution in [1.29, 1.82) is 0 Å². The van der Waals surface area contributed by atoms with Crippen molar-refractivity contribution in [3.63, 3.8) is 0 Å². The Morgan fingerprint density at radius 3 is 2.77 bits per heavy atom. The zero-order valence-corrected chi connectivity index (χ0v) is 20.8. The highest BCUT2D eigenvalue weighted by atomic mass is 32.1. The van der Waals surface area contributed by atoms with E-state index in [4.69, 9.17) is 4.74 Å². The molecule has 2 aliphatic heterocycles. The number of pyridine rings is 1. The molecule has 0 aromatic carbocycles. The highest BCUT2D eigenvalue weighted by Gasteiger charge is 2.36. The van der Waals surface area contributed by atoms with Gasteiger partial charge in [0.1, 0.15) is 5.82 Å². The molecule has 0 saturated carbocycles. The van der Waals surface area contributed by atoms with Gasteiger partial charge in [0.25, 0.3) is 5.91 Å². The van der Waals surface area contributed by atoms with Gasteiger partial charge in [-0.1, -0.05) is 13.8 Å². The van der Waals surface area contributed by atoms with E-state index in [0.29, 0.717) is 47.8 Å². The number of fused-ring (bicyclic) bond motifs is 1. The van der Waals surface area contributed by atoms with Gasteiger partial charge in [-0.25, -0.2) is 14.4 Å². The van der Waals surface area contributed by atoms with Crippen LogP contribution in [0.25, 0.3) is 10.2 Å². The van der Waals surface area contributed by atoms with Crippen LogP contribution in [0.15, 0.2) is 29.9 Å². The molecule has 0 bridgehead atoms. The summed E-state index contributed by atoms with van der Waals surface area (Å²) in [5.41, 5.74) is 1.62. The standard InChI is InChI=1S/C22H23FN6O3S.C2H6/c1-12(14-6-15(23)8-24-7-14)25-22-27-17-3-5-33-19(17)18(28-22)21(31)29-9-16(10-29)26-20(30)13-2-4-32-11-13;1-2/h3,5-8,12-13,16H,2,4,9-11H2,1H3,(H,26,30)(H,25,27,28);1-2H3/t12-,13?;/m0./s1. The zero-order chi connectivity index (χ0) is 24.9. The summed E-state index contributed by atoms with van der Waals surface area (Å²) in [5, 5.41) is 8.00. The van der Waals surface area contributed by atoms with Gasteiger partial charge in [0.15, 0.2) is 5.69 Å². The van der Waals surface area contributed by atoms with Gasteiger partial charge in [0, 0.05) is 25.9 Å². The van der Waals surface area contributed by atoms with Crippen molar-refractivity contribution in [3.8, 4) is 0 Å². The number of aromatic nitrogens is 3. The van der Waals surface area contributed by atoms with Crippen molar-refractivity contribution in [1.82, 2.24) is 25.2 Å². The number of carbonyl (C=O) groups is 2. The van der Waals surface area contributed by atoms with E-state index in [-0.39, 0.29) is 35.8 Å². The first-order chi connectivity index (χ1) is 17.0. The molecular weight excluding hydrogens is 471 g/mol. The fraction of sp³-hybridized carbons (Fsp3) is 0.458. The van der Waals surface area contributed by atoms with E-state index in [1.807, 2.05) is 32.2 Å². The van der Waals surface area contributed by atoms with Crippen molar-refractivity contribution in [2.45, 2.75) is 39.3 Å². The van der Waals surface area contributed by atoms with Crippen LogP contribution in [0.4, 0.5) is 10.3 Å². The summed E-state index contributed by atoms with van der Waals surface area (Å²) in [5.74, 6) is -0.465. The number of nitrogens with zero attached hydrogens (tertiary/aromatic N) is 4. The van der Waals surface area contributed by atoms with E-state index in [1.54, 1.807) is 11.1 Å². The molecule has 9 nitrogen and oxygen atoms in total. The van der Waals surface area contributed by atoms with E-state index in [0.717, 1.165) is 12.6 Å². The molecule has 2 aliphatic rings. The molecule has 0 spiro atoms. The van der Waals surface area contributed by atoms with Gasteiger partial charge in [-0.3, -0.25) is 14.6 Å². The van der Waals surface area contributed by atoms with E-state index in [2.05, 4.69) is 25.6 Å². The Morgan fingerprint density at radius 2 is 2.06 bits per heavy atom. The summed E-state index contributed by atoms with van der Waals surface area (Å²) < 4.78 is 19.5. The summed E-state index contributed by atoms with van der Waals surface area (Å²) in [7, 11) is 0. The van der Waals surface area contributed by atoms with Crippen LogP contribution in [-0.4, -0.2) is 64.0 Å². The summed E-state index contributed by atoms with van der Waals surface area (Å²) in [6.45, 7) is 7.78. The second-order valence-corrected chi connectivity index (χ2v) is 9.23. The van der Waals surface area contributed by atoms with Crippen LogP contribution in [0.3, 0.4) is 0 Å². The Labute approximate surface area is 207 Å². The maximum atomic E-state index is 13.5. The van der Waals surface area contributed by atoms with Crippen molar-refractivity contribution in [3.05, 3.63) is 47.0 Å². The third-order valence-corrected chi connectivity index (χ3v) is 6.80. The number of ether oxygens (including phenoxy) is 1. The van der Waals surface area contributed by atoms with Crippen LogP contribution in [0, 0.1) is 11.7 Å². The lowest BCUT2D eigenvalue weighted by Gasteiger charge is -2.39. The summed E-state index contributed by atoms with van der Waals surface area (Å²) in [4.78, 5) is 40.0. The molecule has 186 valence electrons. The second kappa shape index (κ2) is 11.0. The zero-order valence-electron chi connectivity index (χ0n) is 20.0. The molecule has 35 heavy (non-hydrogen) atoms. The molecule has 1 unspecified atom stereocenters. The van der Waals surface area contributed by atoms with Crippen LogP contribution in [-0.2, 0) is 9.53 Å². The molecule has 2 atom stereocenters. The number of rotatable bonds is 6. The smallest absolute Gasteiger partial charge is 0.274 e. The van der Waals surface area contributed by atoms with Gasteiger partial charge in [-0.15, -0.1) is 11.3 Å². The SMILES string of the molecule is CC.C[C@H](Nc1nc(C(=O)N2CC(NC(=O)C3CCOC3)C2)c2sccc2n1)c1cncc(F)c1. The number of likely N-dealkylation sites (tertiary alicyclic amines) is 1. The Kier molecular flexibility index (Phi) is 7.86. The van der Waals surface area contributed by atoms with Crippen molar-refractivity contribution >= 4 is 39.3 Å². The van der Waals surface area contributed by atoms with E-state index < -0.39 is 5.82 Å². The van der Waals surface area contributed by atoms with Gasteiger partial charge in [-0.2, -0.15) is 0 Å². The molecule has 2 saturated heterocycles. The van der Waals surface area contributed by atoms with Crippen molar-refractivity contribution < 1.29 is 18.7 Å². The number of hydrogen-bond donors (Lipinski definition) is 2. The molecule has 2 amide bonds. The monoisotopic (exact) mass is 500 g/mol. The molecule has 0 radical (unpaired) electrons. The lowest BCUT2D eigenvalue weighted by Crippen LogP contribution is -2.61. The third kappa shape index (κ3) is 5.57. The maximum Gasteiger partial charge on any atom is 0.274 e. The fourth-order valence-corrected chi connectivity index (χ4v) is 4.77. The number of carbonyl (C=O) groups excluding carboxylic acids is 2. The second-order valence-electron chi connectivity index (χ2n) is 8.31. The highest BCUT2D eigenvalue weighted by molar-refractivity contribution is 7.17. The number of thiophene rings is 1. The van der Waals surface area contributed by atoms with Gasteiger partial charge < -0.3 is 20.3 Å². The highest BCUT2D eigenvalue weighted by Crippen LogP contribution is 2.27. The average Bonchev–Trinajstić information content (AvgIpc) is 3.54. The van der Waals surface area contributed by atoms with Crippen molar-refractivity contribution in [2.24, 2.45) is 5.92 Å². The first-order valence-electron chi connectivity index (χ1n) is 11.8. The van der Waals surface area contributed by atoms with Crippen molar-refractivity contribution in [2.75, 3.05) is 31.6 Å². The first kappa shape index (κ1) is 24.9. The minimum atomic E-state index is -0.425. The third-order valence-electron chi connectivity index (χ3n) is 5.89.